The topological polar surface area (TPSA) is 149 Å². The molecule has 11 heteroatoms. The molecule has 29 heavy (non-hydrogen) atoms. The van der Waals surface area contributed by atoms with Gasteiger partial charge in [-0.1, -0.05) is 0 Å². The Labute approximate surface area is 167 Å². The van der Waals surface area contributed by atoms with Crippen LogP contribution in [0.4, 0.5) is 17.5 Å². The van der Waals surface area contributed by atoms with Crippen molar-refractivity contribution in [3.05, 3.63) is 54.9 Å². The quantitative estimate of drug-likeness (QED) is 0.273. The van der Waals surface area contributed by atoms with E-state index in [1.807, 2.05) is 6.07 Å². The molecule has 10 nitrogen and oxygen atoms in total. The van der Waals surface area contributed by atoms with Crippen LogP contribution in [0.2, 0.25) is 0 Å². The number of nitrogens with one attached hydrogen (secondary N) is 3. The van der Waals surface area contributed by atoms with Gasteiger partial charge in [0.2, 0.25) is 5.95 Å². The van der Waals surface area contributed by atoms with Crippen LogP contribution in [0.1, 0.15) is 6.92 Å². The first-order valence-electron chi connectivity index (χ1n) is 8.61. The molecule has 0 bridgehead atoms. The zero-order valence-electron chi connectivity index (χ0n) is 15.4. The van der Waals surface area contributed by atoms with Crippen molar-refractivity contribution in [1.29, 1.82) is 0 Å². The van der Waals surface area contributed by atoms with Crippen LogP contribution >= 0.6 is 0 Å². The first-order valence-corrected chi connectivity index (χ1v) is 10.1. The molecule has 1 atom stereocenters. The number of hydrogen-bond acceptors (Lipinski definition) is 9. The van der Waals surface area contributed by atoms with Crippen LogP contribution in [0.25, 0.3) is 11.3 Å². The lowest BCUT2D eigenvalue weighted by Crippen LogP contribution is -2.21. The second-order valence-electron chi connectivity index (χ2n) is 6.18. The van der Waals surface area contributed by atoms with Crippen molar-refractivity contribution in [3.63, 3.8) is 0 Å². The van der Waals surface area contributed by atoms with Gasteiger partial charge in [0.25, 0.3) is 10.1 Å². The summed E-state index contributed by atoms with van der Waals surface area (Å²) in [6.07, 6.45) is 3.33. The number of aliphatic hydroxyl groups is 1. The number of aliphatic hydroxyl groups excluding tert-OH is 1. The van der Waals surface area contributed by atoms with Crippen LogP contribution in [-0.2, 0) is 10.1 Å². The van der Waals surface area contributed by atoms with E-state index in [0.29, 0.717) is 23.1 Å². The summed E-state index contributed by atoms with van der Waals surface area (Å²) < 4.78 is 31.3. The highest BCUT2D eigenvalue weighted by atomic mass is 32.2. The van der Waals surface area contributed by atoms with Crippen LogP contribution in [0.15, 0.2) is 59.8 Å². The van der Waals surface area contributed by atoms with E-state index >= 15 is 0 Å². The molecule has 0 saturated heterocycles. The van der Waals surface area contributed by atoms with E-state index in [2.05, 4.69) is 31.1 Å². The minimum absolute atomic E-state index is 0.0817. The van der Waals surface area contributed by atoms with Crippen molar-refractivity contribution in [1.82, 2.24) is 15.0 Å². The van der Waals surface area contributed by atoms with Gasteiger partial charge in [0.15, 0.2) is 5.82 Å². The minimum atomic E-state index is -4.25. The van der Waals surface area contributed by atoms with E-state index < -0.39 is 10.1 Å². The highest BCUT2D eigenvalue weighted by Gasteiger charge is 2.10. The SMILES string of the molecule is C[C@H](CO)Nc1nc(NNc2ccc(S(=O)(=O)O)cc2)cc(-c2cccnc2)n1. The monoisotopic (exact) mass is 416 g/mol. The van der Waals surface area contributed by atoms with E-state index in [1.54, 1.807) is 31.5 Å². The van der Waals surface area contributed by atoms with Gasteiger partial charge in [-0.2, -0.15) is 13.4 Å². The highest BCUT2D eigenvalue weighted by molar-refractivity contribution is 7.85. The summed E-state index contributed by atoms with van der Waals surface area (Å²) in [5.41, 5.74) is 7.79. The van der Waals surface area contributed by atoms with Gasteiger partial charge in [0, 0.05) is 30.1 Å². The molecule has 3 rings (SSSR count). The number of aromatic nitrogens is 3. The summed E-state index contributed by atoms with van der Waals surface area (Å²) in [6, 6.07) is 10.7. The van der Waals surface area contributed by atoms with Crippen molar-refractivity contribution in [2.75, 3.05) is 22.8 Å². The molecule has 0 spiro atoms. The Morgan fingerprint density at radius 2 is 1.86 bits per heavy atom. The molecule has 0 aliphatic heterocycles. The van der Waals surface area contributed by atoms with E-state index in [1.165, 1.54) is 24.3 Å². The van der Waals surface area contributed by atoms with Gasteiger partial charge in [0.05, 0.1) is 22.9 Å². The van der Waals surface area contributed by atoms with Crippen molar-refractivity contribution < 1.29 is 18.1 Å². The predicted molar refractivity (Wildman–Crippen MR) is 109 cm³/mol. The highest BCUT2D eigenvalue weighted by Crippen LogP contribution is 2.21. The lowest BCUT2D eigenvalue weighted by Gasteiger charge is -2.15. The van der Waals surface area contributed by atoms with Crippen LogP contribution < -0.4 is 16.2 Å². The summed E-state index contributed by atoms with van der Waals surface area (Å²) in [5.74, 6) is 0.754. The first kappa shape index (κ1) is 20.5. The average Bonchev–Trinajstić information content (AvgIpc) is 2.72. The van der Waals surface area contributed by atoms with Crippen molar-refractivity contribution >= 4 is 27.6 Å². The summed E-state index contributed by atoms with van der Waals surface area (Å²) >= 11 is 0. The molecule has 0 amide bonds. The Morgan fingerprint density at radius 1 is 1.10 bits per heavy atom. The number of benzene rings is 1. The maximum Gasteiger partial charge on any atom is 0.294 e. The molecule has 2 aromatic heterocycles. The largest absolute Gasteiger partial charge is 0.394 e. The Morgan fingerprint density at radius 3 is 2.48 bits per heavy atom. The molecule has 0 aliphatic rings. The summed E-state index contributed by atoms with van der Waals surface area (Å²) in [7, 11) is -4.25. The molecule has 3 aromatic rings. The van der Waals surface area contributed by atoms with Gasteiger partial charge in [-0.25, -0.2) is 4.98 Å². The summed E-state index contributed by atoms with van der Waals surface area (Å²) in [6.45, 7) is 1.71. The molecular formula is C18H20N6O4S. The lowest BCUT2D eigenvalue weighted by atomic mass is 10.2. The van der Waals surface area contributed by atoms with Crippen LogP contribution in [0.5, 0.6) is 0 Å². The average molecular weight is 416 g/mol. The number of pyridine rings is 1. The molecule has 1 aromatic carbocycles. The number of anilines is 3. The fraction of sp³-hybridized carbons (Fsp3) is 0.167. The van der Waals surface area contributed by atoms with Gasteiger partial charge in [0.1, 0.15) is 0 Å². The van der Waals surface area contributed by atoms with E-state index in [4.69, 9.17) is 4.55 Å². The zero-order valence-corrected chi connectivity index (χ0v) is 16.3. The normalized spacial score (nSPS) is 12.2. The molecule has 2 heterocycles. The number of hydrogen-bond donors (Lipinski definition) is 5. The maximum atomic E-state index is 11.1. The Hall–Kier alpha value is -3.28. The lowest BCUT2D eigenvalue weighted by molar-refractivity contribution is 0.281. The third-order valence-corrected chi connectivity index (χ3v) is 4.69. The van der Waals surface area contributed by atoms with Gasteiger partial charge >= 0.3 is 0 Å². The predicted octanol–water partition coefficient (Wildman–Crippen LogP) is 2.02. The minimum Gasteiger partial charge on any atom is -0.394 e. The van der Waals surface area contributed by atoms with E-state index in [9.17, 15) is 13.5 Å². The second-order valence-corrected chi connectivity index (χ2v) is 7.60. The second kappa shape index (κ2) is 8.82. The molecular weight excluding hydrogens is 396 g/mol. The maximum absolute atomic E-state index is 11.1. The van der Waals surface area contributed by atoms with Crippen molar-refractivity contribution in [3.8, 4) is 11.3 Å². The molecule has 0 unspecified atom stereocenters. The summed E-state index contributed by atoms with van der Waals surface area (Å²) in [4.78, 5) is 12.7. The first-order chi connectivity index (χ1) is 13.8. The Kier molecular flexibility index (Phi) is 6.22. The zero-order chi connectivity index (χ0) is 20.9. The Balaban J connectivity index is 1.82. The Bertz CT molecular complexity index is 1060. The molecule has 5 N–H and O–H groups in total. The van der Waals surface area contributed by atoms with E-state index in [-0.39, 0.29) is 17.5 Å². The fourth-order valence-electron chi connectivity index (χ4n) is 2.35. The third-order valence-electron chi connectivity index (χ3n) is 3.82. The van der Waals surface area contributed by atoms with Crippen LogP contribution in [0, 0.1) is 0 Å². The smallest absolute Gasteiger partial charge is 0.294 e. The molecule has 152 valence electrons. The van der Waals surface area contributed by atoms with Crippen molar-refractivity contribution in [2.24, 2.45) is 0 Å². The molecule has 0 radical (unpaired) electrons. The van der Waals surface area contributed by atoms with Crippen LogP contribution in [0.3, 0.4) is 0 Å². The molecule has 0 aliphatic carbocycles. The number of hydrazine groups is 1. The van der Waals surface area contributed by atoms with E-state index in [0.717, 1.165) is 5.56 Å². The standard InChI is InChI=1S/C18H20N6O4S/c1-12(11-25)20-18-21-16(13-3-2-8-19-10-13)9-17(22-18)24-23-14-4-6-15(7-5-14)29(26,27)28/h2-10,12,23,25H,11H2,1H3,(H,26,27,28)(H2,20,21,22,24)/t12-/m1/s1. The van der Waals surface area contributed by atoms with Gasteiger partial charge in [-0.3, -0.25) is 20.4 Å². The van der Waals surface area contributed by atoms with Gasteiger partial charge < -0.3 is 10.4 Å². The van der Waals surface area contributed by atoms with Gasteiger partial charge in [-0.05, 0) is 43.3 Å². The van der Waals surface area contributed by atoms with Gasteiger partial charge in [-0.15, -0.1) is 0 Å². The van der Waals surface area contributed by atoms with Crippen molar-refractivity contribution in [2.45, 2.75) is 17.9 Å². The number of rotatable bonds is 8. The fourth-order valence-corrected chi connectivity index (χ4v) is 2.83. The molecule has 0 saturated carbocycles. The number of nitrogens with zero attached hydrogens (tertiary/aromatic N) is 3. The summed E-state index contributed by atoms with van der Waals surface area (Å²) in [5, 5.41) is 12.3. The molecule has 0 fully saturated rings. The van der Waals surface area contributed by atoms with Crippen LogP contribution in [-0.4, -0.2) is 45.7 Å². The third kappa shape index (κ3) is 5.60.